The third kappa shape index (κ3) is 3.44. The lowest BCUT2D eigenvalue weighted by atomic mass is 9.90. The number of carbonyl (C=O) groups is 1. The molecule has 0 saturated heterocycles. The van der Waals surface area contributed by atoms with Crippen LogP contribution in [0.5, 0.6) is 0 Å². The normalized spacial score (nSPS) is 11.3. The minimum atomic E-state index is -1.25. The quantitative estimate of drug-likeness (QED) is 0.828. The van der Waals surface area contributed by atoms with E-state index < -0.39 is 11.8 Å². The van der Waals surface area contributed by atoms with Gasteiger partial charge in [0.2, 0.25) is 0 Å². The minimum Gasteiger partial charge on any atom is -0.478 e. The Balaban J connectivity index is 2.92. The molecule has 0 aliphatic carbocycles. The Labute approximate surface area is 101 Å². The number of nitrogens with one attached hydrogen (secondary N) is 1. The summed E-state index contributed by atoms with van der Waals surface area (Å²) in [6.45, 7) is 6.80. The zero-order valence-electron chi connectivity index (χ0n) is 10.4. The van der Waals surface area contributed by atoms with E-state index in [-0.39, 0.29) is 11.0 Å². The number of halogens is 1. The van der Waals surface area contributed by atoms with Crippen LogP contribution in [0, 0.1) is 11.2 Å². The van der Waals surface area contributed by atoms with E-state index >= 15 is 0 Å². The molecule has 0 heterocycles. The smallest absolute Gasteiger partial charge is 0.340 e. The molecule has 0 aliphatic rings. The summed E-state index contributed by atoms with van der Waals surface area (Å²) < 4.78 is 13.4. The number of hydrogen-bond acceptors (Lipinski definition) is 2. The van der Waals surface area contributed by atoms with Crippen molar-refractivity contribution < 1.29 is 14.3 Å². The van der Waals surface area contributed by atoms with Gasteiger partial charge in [0.05, 0.1) is 5.69 Å². The number of anilines is 1. The summed E-state index contributed by atoms with van der Waals surface area (Å²) in [4.78, 5) is 11.0. The van der Waals surface area contributed by atoms with Crippen molar-refractivity contribution in [3.8, 4) is 0 Å². The number of rotatable bonds is 5. The van der Waals surface area contributed by atoms with E-state index in [0.717, 1.165) is 12.5 Å². The van der Waals surface area contributed by atoms with Crippen molar-refractivity contribution in [3.63, 3.8) is 0 Å². The zero-order valence-corrected chi connectivity index (χ0v) is 10.4. The number of carboxylic acid groups (broad SMARTS) is 1. The molecule has 2 N–H and O–H groups in total. The second-order valence-electron chi connectivity index (χ2n) is 4.84. The number of hydrogen-bond donors (Lipinski definition) is 2. The third-order valence-corrected chi connectivity index (χ3v) is 2.94. The van der Waals surface area contributed by atoms with Crippen molar-refractivity contribution in [2.45, 2.75) is 27.2 Å². The molecule has 0 aliphatic heterocycles. The minimum absolute atomic E-state index is 0.0437. The molecule has 0 amide bonds. The van der Waals surface area contributed by atoms with Gasteiger partial charge in [0.1, 0.15) is 11.4 Å². The highest BCUT2D eigenvalue weighted by molar-refractivity contribution is 5.94. The molecule has 1 aromatic rings. The van der Waals surface area contributed by atoms with Crippen LogP contribution in [0.25, 0.3) is 0 Å². The SMILES string of the molecule is CCC(C)(C)CNc1cccc(F)c1C(=O)O. The molecule has 3 nitrogen and oxygen atoms in total. The largest absolute Gasteiger partial charge is 0.478 e. The van der Waals surface area contributed by atoms with E-state index in [1.807, 2.05) is 0 Å². The fourth-order valence-corrected chi connectivity index (χ4v) is 1.35. The van der Waals surface area contributed by atoms with Crippen LogP contribution in [0.15, 0.2) is 18.2 Å². The summed E-state index contributed by atoms with van der Waals surface area (Å²) in [5, 5.41) is 12.0. The second-order valence-corrected chi connectivity index (χ2v) is 4.84. The van der Waals surface area contributed by atoms with Gasteiger partial charge in [-0.05, 0) is 24.0 Å². The van der Waals surface area contributed by atoms with Gasteiger partial charge >= 0.3 is 5.97 Å². The van der Waals surface area contributed by atoms with Crippen molar-refractivity contribution in [3.05, 3.63) is 29.6 Å². The van der Waals surface area contributed by atoms with Gasteiger partial charge in [-0.2, -0.15) is 0 Å². The van der Waals surface area contributed by atoms with Crippen molar-refractivity contribution in [2.24, 2.45) is 5.41 Å². The van der Waals surface area contributed by atoms with Crippen molar-refractivity contribution >= 4 is 11.7 Å². The predicted octanol–water partition coefficient (Wildman–Crippen LogP) is 3.37. The molecule has 0 spiro atoms. The lowest BCUT2D eigenvalue weighted by Crippen LogP contribution is -2.23. The highest BCUT2D eigenvalue weighted by Crippen LogP contribution is 2.23. The van der Waals surface area contributed by atoms with E-state index in [9.17, 15) is 9.18 Å². The molecule has 0 unspecified atom stereocenters. The summed E-state index contributed by atoms with van der Waals surface area (Å²) >= 11 is 0. The Morgan fingerprint density at radius 2 is 2.12 bits per heavy atom. The van der Waals surface area contributed by atoms with Crippen LogP contribution in [0.1, 0.15) is 37.6 Å². The molecule has 0 atom stereocenters. The zero-order chi connectivity index (χ0) is 13.1. The summed E-state index contributed by atoms with van der Waals surface area (Å²) in [6, 6.07) is 4.24. The Bertz CT molecular complexity index is 416. The highest BCUT2D eigenvalue weighted by Gasteiger charge is 2.19. The first kappa shape index (κ1) is 13.5. The molecule has 0 fully saturated rings. The van der Waals surface area contributed by atoms with Crippen LogP contribution in [0.2, 0.25) is 0 Å². The lowest BCUT2D eigenvalue weighted by Gasteiger charge is -2.24. The highest BCUT2D eigenvalue weighted by atomic mass is 19.1. The molecule has 17 heavy (non-hydrogen) atoms. The van der Waals surface area contributed by atoms with Gasteiger partial charge in [-0.1, -0.05) is 26.8 Å². The monoisotopic (exact) mass is 239 g/mol. The topological polar surface area (TPSA) is 49.3 Å². The van der Waals surface area contributed by atoms with Crippen LogP contribution in [0.3, 0.4) is 0 Å². The molecule has 0 bridgehead atoms. The van der Waals surface area contributed by atoms with Gasteiger partial charge in [-0.25, -0.2) is 9.18 Å². The van der Waals surface area contributed by atoms with Gasteiger partial charge < -0.3 is 10.4 Å². The first-order valence-electron chi connectivity index (χ1n) is 5.63. The predicted molar refractivity (Wildman–Crippen MR) is 65.9 cm³/mol. The Hall–Kier alpha value is -1.58. The van der Waals surface area contributed by atoms with Crippen molar-refractivity contribution in [1.29, 1.82) is 0 Å². The van der Waals surface area contributed by atoms with Gasteiger partial charge in [-0.15, -0.1) is 0 Å². The van der Waals surface area contributed by atoms with Crippen molar-refractivity contribution in [2.75, 3.05) is 11.9 Å². The lowest BCUT2D eigenvalue weighted by molar-refractivity contribution is 0.0693. The second kappa shape index (κ2) is 5.17. The molecule has 0 saturated carbocycles. The average Bonchev–Trinajstić information content (AvgIpc) is 2.26. The summed E-state index contributed by atoms with van der Waals surface area (Å²) in [6.07, 6.45) is 0.956. The summed E-state index contributed by atoms with van der Waals surface area (Å²) in [5.41, 5.74) is 0.0840. The molecule has 94 valence electrons. The maximum atomic E-state index is 13.4. The Morgan fingerprint density at radius 1 is 1.47 bits per heavy atom. The Morgan fingerprint density at radius 3 is 2.65 bits per heavy atom. The van der Waals surface area contributed by atoms with Crippen LogP contribution >= 0.6 is 0 Å². The molecular formula is C13H18FNO2. The maximum Gasteiger partial charge on any atom is 0.340 e. The molecule has 0 radical (unpaired) electrons. The third-order valence-electron chi connectivity index (χ3n) is 2.94. The van der Waals surface area contributed by atoms with Crippen LogP contribution in [0.4, 0.5) is 10.1 Å². The maximum absolute atomic E-state index is 13.4. The Kier molecular flexibility index (Phi) is 4.10. The van der Waals surface area contributed by atoms with E-state index in [1.165, 1.54) is 6.07 Å². The standard InChI is InChI=1S/C13H18FNO2/c1-4-13(2,3)8-15-10-7-5-6-9(14)11(10)12(16)17/h5-7,15H,4,8H2,1-3H3,(H,16,17). The van der Waals surface area contributed by atoms with E-state index in [4.69, 9.17) is 5.11 Å². The average molecular weight is 239 g/mol. The van der Waals surface area contributed by atoms with E-state index in [2.05, 4.69) is 26.1 Å². The molecule has 1 rings (SSSR count). The molecule has 4 heteroatoms. The summed E-state index contributed by atoms with van der Waals surface area (Å²) in [5.74, 6) is -1.96. The fraction of sp³-hybridized carbons (Fsp3) is 0.462. The van der Waals surface area contributed by atoms with Crippen LogP contribution in [-0.2, 0) is 0 Å². The van der Waals surface area contributed by atoms with Crippen LogP contribution < -0.4 is 5.32 Å². The number of aromatic carboxylic acids is 1. The van der Waals surface area contributed by atoms with Gasteiger partial charge in [0.15, 0.2) is 0 Å². The van der Waals surface area contributed by atoms with Gasteiger partial charge in [0, 0.05) is 6.54 Å². The molecular weight excluding hydrogens is 221 g/mol. The first-order valence-corrected chi connectivity index (χ1v) is 5.63. The van der Waals surface area contributed by atoms with Crippen molar-refractivity contribution in [1.82, 2.24) is 0 Å². The summed E-state index contributed by atoms with van der Waals surface area (Å²) in [7, 11) is 0. The van der Waals surface area contributed by atoms with Gasteiger partial charge in [-0.3, -0.25) is 0 Å². The van der Waals surface area contributed by atoms with E-state index in [0.29, 0.717) is 12.2 Å². The number of carboxylic acids is 1. The molecule has 1 aromatic carbocycles. The van der Waals surface area contributed by atoms with Crippen LogP contribution in [-0.4, -0.2) is 17.6 Å². The molecule has 0 aromatic heterocycles. The van der Waals surface area contributed by atoms with Gasteiger partial charge in [0.25, 0.3) is 0 Å². The first-order chi connectivity index (χ1) is 7.87. The number of benzene rings is 1. The van der Waals surface area contributed by atoms with E-state index in [1.54, 1.807) is 6.07 Å². The fourth-order valence-electron chi connectivity index (χ4n) is 1.35.